The van der Waals surface area contributed by atoms with Gasteiger partial charge in [-0.15, -0.1) is 0 Å². The maximum absolute atomic E-state index is 5.65. The summed E-state index contributed by atoms with van der Waals surface area (Å²) in [5.74, 6) is 0.763. The molecule has 1 aromatic rings. The molecule has 1 aliphatic heterocycles. The monoisotopic (exact) mass is 247 g/mol. The van der Waals surface area contributed by atoms with Crippen LogP contribution in [0.25, 0.3) is 0 Å². The highest BCUT2D eigenvalue weighted by atomic mass is 15.2. The molecule has 1 saturated heterocycles. The van der Waals surface area contributed by atoms with E-state index < -0.39 is 0 Å². The van der Waals surface area contributed by atoms with E-state index in [1.54, 1.807) is 0 Å². The molecule has 0 aromatic heterocycles. The number of likely N-dealkylation sites (tertiary alicyclic amines) is 1. The average molecular weight is 247 g/mol. The first kappa shape index (κ1) is 13.5. The van der Waals surface area contributed by atoms with Crippen molar-refractivity contribution in [1.82, 2.24) is 10.2 Å². The summed E-state index contributed by atoms with van der Waals surface area (Å²) in [4.78, 5) is 2.48. The predicted octanol–water partition coefficient (Wildman–Crippen LogP) is 1.45. The number of nitrogens with one attached hydrogen (secondary N) is 1. The number of hydrogen-bond acceptors (Lipinski definition) is 3. The number of nitrogens with two attached hydrogens (primary N) is 1. The predicted molar refractivity (Wildman–Crippen MR) is 76.3 cm³/mol. The lowest BCUT2D eigenvalue weighted by Gasteiger charge is -2.36. The normalized spacial score (nSPS) is 25.2. The smallest absolute Gasteiger partial charge is 0.0208 e. The second-order valence-electron chi connectivity index (χ2n) is 5.45. The molecule has 0 spiro atoms. The van der Waals surface area contributed by atoms with Gasteiger partial charge in [-0.3, -0.25) is 0 Å². The second kappa shape index (κ2) is 6.88. The first-order chi connectivity index (χ1) is 8.78. The van der Waals surface area contributed by atoms with Gasteiger partial charge >= 0.3 is 0 Å². The molecule has 1 aromatic carbocycles. The summed E-state index contributed by atoms with van der Waals surface area (Å²) >= 11 is 0. The number of nitrogens with zero attached hydrogens (tertiary/aromatic N) is 1. The third-order valence-corrected chi connectivity index (χ3v) is 3.62. The van der Waals surface area contributed by atoms with Crippen LogP contribution in [0.5, 0.6) is 0 Å². The Hall–Kier alpha value is -0.900. The molecule has 2 unspecified atom stereocenters. The molecule has 0 radical (unpaired) electrons. The molecule has 1 heterocycles. The Morgan fingerprint density at radius 1 is 1.28 bits per heavy atom. The standard InChI is InChI=1S/C15H25N3/c1-13-9-15(12-18(11-13)8-7-16)17-10-14-5-3-2-4-6-14/h2-6,13,15,17H,7-12,16H2,1H3. The Morgan fingerprint density at radius 2 is 2.06 bits per heavy atom. The Labute approximate surface area is 110 Å². The lowest BCUT2D eigenvalue weighted by atomic mass is 9.95. The minimum absolute atomic E-state index is 0.598. The molecule has 3 nitrogen and oxygen atoms in total. The zero-order valence-corrected chi connectivity index (χ0v) is 11.3. The largest absolute Gasteiger partial charge is 0.329 e. The van der Waals surface area contributed by atoms with E-state index in [4.69, 9.17) is 5.73 Å². The van der Waals surface area contributed by atoms with E-state index in [9.17, 15) is 0 Å². The molecular formula is C15H25N3. The third-order valence-electron chi connectivity index (χ3n) is 3.62. The van der Waals surface area contributed by atoms with Gasteiger partial charge in [-0.1, -0.05) is 37.3 Å². The Kier molecular flexibility index (Phi) is 5.17. The summed E-state index contributed by atoms with van der Waals surface area (Å²) in [7, 11) is 0. The van der Waals surface area contributed by atoms with Crippen molar-refractivity contribution < 1.29 is 0 Å². The third kappa shape index (κ3) is 4.09. The maximum Gasteiger partial charge on any atom is 0.0208 e. The van der Waals surface area contributed by atoms with Crippen molar-refractivity contribution in [3.63, 3.8) is 0 Å². The van der Waals surface area contributed by atoms with Gasteiger partial charge in [0.25, 0.3) is 0 Å². The van der Waals surface area contributed by atoms with Gasteiger partial charge < -0.3 is 16.0 Å². The number of hydrogen-bond donors (Lipinski definition) is 2. The molecule has 2 atom stereocenters. The van der Waals surface area contributed by atoms with Gasteiger partial charge in [-0.2, -0.15) is 0 Å². The van der Waals surface area contributed by atoms with E-state index in [2.05, 4.69) is 47.5 Å². The lowest BCUT2D eigenvalue weighted by Crippen LogP contribution is -2.49. The van der Waals surface area contributed by atoms with Crippen LogP contribution in [0.1, 0.15) is 18.9 Å². The van der Waals surface area contributed by atoms with Crippen molar-refractivity contribution in [3.05, 3.63) is 35.9 Å². The minimum atomic E-state index is 0.598. The van der Waals surface area contributed by atoms with E-state index in [-0.39, 0.29) is 0 Å². The quantitative estimate of drug-likeness (QED) is 0.827. The van der Waals surface area contributed by atoms with Crippen molar-refractivity contribution in [1.29, 1.82) is 0 Å². The summed E-state index contributed by atoms with van der Waals surface area (Å²) < 4.78 is 0. The van der Waals surface area contributed by atoms with Crippen molar-refractivity contribution >= 4 is 0 Å². The molecule has 0 aliphatic carbocycles. The van der Waals surface area contributed by atoms with E-state index in [1.165, 1.54) is 18.5 Å². The van der Waals surface area contributed by atoms with Crippen LogP contribution in [0.2, 0.25) is 0 Å². The highest BCUT2D eigenvalue weighted by Crippen LogP contribution is 2.16. The summed E-state index contributed by atoms with van der Waals surface area (Å²) in [6.07, 6.45) is 1.27. The summed E-state index contributed by atoms with van der Waals surface area (Å²) in [5.41, 5.74) is 7.02. The number of rotatable bonds is 5. The number of benzene rings is 1. The fraction of sp³-hybridized carbons (Fsp3) is 0.600. The Morgan fingerprint density at radius 3 is 2.78 bits per heavy atom. The van der Waals surface area contributed by atoms with Gasteiger partial charge in [0, 0.05) is 38.8 Å². The van der Waals surface area contributed by atoms with Gasteiger partial charge in [0.15, 0.2) is 0 Å². The fourth-order valence-electron chi connectivity index (χ4n) is 2.83. The van der Waals surface area contributed by atoms with Crippen LogP contribution in [0.15, 0.2) is 30.3 Å². The molecule has 2 rings (SSSR count). The van der Waals surface area contributed by atoms with Gasteiger partial charge in [-0.25, -0.2) is 0 Å². The van der Waals surface area contributed by atoms with Crippen LogP contribution < -0.4 is 11.1 Å². The van der Waals surface area contributed by atoms with Crippen LogP contribution in [-0.4, -0.2) is 37.1 Å². The Bertz CT molecular complexity index is 339. The van der Waals surface area contributed by atoms with Crippen molar-refractivity contribution in [2.75, 3.05) is 26.2 Å². The molecule has 1 fully saturated rings. The summed E-state index contributed by atoms with van der Waals surface area (Å²) in [5, 5.41) is 3.67. The SMILES string of the molecule is CC1CC(NCc2ccccc2)CN(CCN)C1. The average Bonchev–Trinajstić information content (AvgIpc) is 2.37. The minimum Gasteiger partial charge on any atom is -0.329 e. The molecule has 0 saturated carbocycles. The van der Waals surface area contributed by atoms with Gasteiger partial charge in [0.2, 0.25) is 0 Å². The summed E-state index contributed by atoms with van der Waals surface area (Å²) in [6.45, 7) is 7.41. The van der Waals surface area contributed by atoms with Crippen LogP contribution >= 0.6 is 0 Å². The molecule has 1 aliphatic rings. The van der Waals surface area contributed by atoms with Crippen molar-refractivity contribution in [2.45, 2.75) is 25.9 Å². The Balaban J connectivity index is 1.81. The van der Waals surface area contributed by atoms with Gasteiger partial charge in [-0.05, 0) is 17.9 Å². The zero-order valence-electron chi connectivity index (χ0n) is 11.3. The van der Waals surface area contributed by atoms with E-state index in [0.29, 0.717) is 6.04 Å². The van der Waals surface area contributed by atoms with Crippen LogP contribution in [-0.2, 0) is 6.54 Å². The van der Waals surface area contributed by atoms with Gasteiger partial charge in [0.1, 0.15) is 0 Å². The molecule has 18 heavy (non-hydrogen) atoms. The maximum atomic E-state index is 5.65. The molecule has 0 bridgehead atoms. The molecular weight excluding hydrogens is 222 g/mol. The topological polar surface area (TPSA) is 41.3 Å². The fourth-order valence-corrected chi connectivity index (χ4v) is 2.83. The molecule has 0 amide bonds. The molecule has 3 N–H and O–H groups in total. The second-order valence-corrected chi connectivity index (χ2v) is 5.45. The van der Waals surface area contributed by atoms with E-state index in [0.717, 1.165) is 32.1 Å². The van der Waals surface area contributed by atoms with Crippen LogP contribution in [0.4, 0.5) is 0 Å². The van der Waals surface area contributed by atoms with Gasteiger partial charge in [0.05, 0.1) is 0 Å². The number of piperidine rings is 1. The first-order valence-electron chi connectivity index (χ1n) is 6.97. The van der Waals surface area contributed by atoms with Crippen LogP contribution in [0, 0.1) is 5.92 Å². The van der Waals surface area contributed by atoms with Crippen LogP contribution in [0.3, 0.4) is 0 Å². The molecule has 100 valence electrons. The summed E-state index contributed by atoms with van der Waals surface area (Å²) in [6, 6.07) is 11.2. The first-order valence-corrected chi connectivity index (χ1v) is 6.97. The van der Waals surface area contributed by atoms with Crippen molar-refractivity contribution in [2.24, 2.45) is 11.7 Å². The lowest BCUT2D eigenvalue weighted by molar-refractivity contribution is 0.152. The highest BCUT2D eigenvalue weighted by Gasteiger charge is 2.23. The van der Waals surface area contributed by atoms with E-state index in [1.807, 2.05) is 0 Å². The van der Waals surface area contributed by atoms with E-state index >= 15 is 0 Å². The zero-order chi connectivity index (χ0) is 12.8. The molecule has 3 heteroatoms. The van der Waals surface area contributed by atoms with Crippen molar-refractivity contribution in [3.8, 4) is 0 Å². The highest BCUT2D eigenvalue weighted by molar-refractivity contribution is 5.14.